The lowest BCUT2D eigenvalue weighted by Gasteiger charge is -2.27. The predicted octanol–water partition coefficient (Wildman–Crippen LogP) is 6.21. The van der Waals surface area contributed by atoms with E-state index in [4.69, 9.17) is 13.9 Å². The van der Waals surface area contributed by atoms with Crippen LogP contribution in [-0.2, 0) is 9.84 Å². The van der Waals surface area contributed by atoms with Gasteiger partial charge in [-0.15, -0.1) is 0 Å². The van der Waals surface area contributed by atoms with Crippen molar-refractivity contribution < 1.29 is 27.1 Å². The number of rotatable bonds is 2. The van der Waals surface area contributed by atoms with Crippen molar-refractivity contribution >= 4 is 32.2 Å². The average Bonchev–Trinajstić information content (AvgIpc) is 3.42. The molecule has 0 aliphatic carbocycles. The third kappa shape index (κ3) is 3.31. The van der Waals surface area contributed by atoms with Gasteiger partial charge in [-0.3, -0.25) is 4.79 Å². The van der Waals surface area contributed by atoms with Crippen LogP contribution in [0.4, 0.5) is 0 Å². The number of para-hydroxylation sites is 1. The molecule has 0 fully saturated rings. The molecule has 2 unspecified atom stereocenters. The summed E-state index contributed by atoms with van der Waals surface area (Å²) in [5.74, 6) is 0.987. The van der Waals surface area contributed by atoms with E-state index in [9.17, 15) is 13.2 Å². The molecule has 7 heteroatoms. The summed E-state index contributed by atoms with van der Waals surface area (Å²) in [7, 11) is -3.88. The zero-order chi connectivity index (χ0) is 25.3. The number of benzene rings is 3. The summed E-state index contributed by atoms with van der Waals surface area (Å²) in [4.78, 5) is 13.5. The molecule has 3 aromatic carbocycles. The van der Waals surface area contributed by atoms with Crippen LogP contribution in [0.3, 0.4) is 0 Å². The normalized spacial score (nSPS) is 22.4. The van der Waals surface area contributed by atoms with Gasteiger partial charge >= 0.3 is 0 Å². The zero-order valence-corrected chi connectivity index (χ0v) is 20.5. The number of sulfone groups is 1. The maximum Gasteiger partial charge on any atom is 0.190 e. The molecule has 2 atom stereocenters. The molecule has 0 radical (unpaired) electrons. The molecule has 0 saturated heterocycles. The van der Waals surface area contributed by atoms with E-state index in [0.29, 0.717) is 28.6 Å². The van der Waals surface area contributed by atoms with Crippen LogP contribution in [0, 0.1) is 0 Å². The van der Waals surface area contributed by atoms with Gasteiger partial charge in [0.2, 0.25) is 0 Å². The molecule has 4 heterocycles. The van der Waals surface area contributed by atoms with E-state index in [1.165, 1.54) is 6.07 Å². The number of hydrogen-bond donors (Lipinski definition) is 0. The van der Waals surface area contributed by atoms with Crippen LogP contribution in [-0.4, -0.2) is 19.5 Å². The molecule has 0 bridgehead atoms. The fraction of sp³-hybridized carbons (Fsp3) is 0.100. The summed E-state index contributed by atoms with van der Waals surface area (Å²) >= 11 is 0. The molecule has 3 aliphatic heterocycles. The summed E-state index contributed by atoms with van der Waals surface area (Å²) in [6.07, 6.45) is 6.97. The molecule has 6 nitrogen and oxygen atoms in total. The van der Waals surface area contributed by atoms with Crippen molar-refractivity contribution in [1.82, 2.24) is 0 Å². The summed E-state index contributed by atoms with van der Waals surface area (Å²) in [6.45, 7) is 2.00. The molecule has 0 saturated carbocycles. The van der Waals surface area contributed by atoms with Gasteiger partial charge in [0.05, 0.1) is 11.2 Å². The van der Waals surface area contributed by atoms with Crippen LogP contribution in [0.1, 0.15) is 34.3 Å². The lowest BCUT2D eigenvalue weighted by molar-refractivity contribution is 0.0985. The van der Waals surface area contributed by atoms with Gasteiger partial charge in [-0.2, -0.15) is 0 Å². The molecular weight excluding hydrogens is 488 g/mol. The third-order valence-corrected chi connectivity index (χ3v) is 9.22. The van der Waals surface area contributed by atoms with Gasteiger partial charge in [0.15, 0.2) is 15.6 Å². The van der Waals surface area contributed by atoms with Crippen LogP contribution in [0.2, 0.25) is 0 Å². The second-order valence-corrected chi connectivity index (χ2v) is 11.4. The van der Waals surface area contributed by atoms with Crippen molar-refractivity contribution in [1.29, 1.82) is 0 Å². The SMILES string of the molecule is CC1=CC(=CC2=CC(C3C(=O)c4ccccc4S3(=O)=O)c3ccccc3O2)Oc2cc3occc3cc21. The second kappa shape index (κ2) is 7.82. The molecule has 0 N–H and O–H groups in total. The Hall–Kier alpha value is -4.36. The fourth-order valence-corrected chi connectivity index (χ4v) is 7.39. The summed E-state index contributed by atoms with van der Waals surface area (Å²) in [5.41, 5.74) is 3.58. The third-order valence-electron chi connectivity index (χ3n) is 7.08. The number of ether oxygens (including phenoxy) is 2. The predicted molar refractivity (Wildman–Crippen MR) is 138 cm³/mol. The Morgan fingerprint density at radius 3 is 2.57 bits per heavy atom. The van der Waals surface area contributed by atoms with E-state index in [2.05, 4.69) is 0 Å². The summed E-state index contributed by atoms with van der Waals surface area (Å²) < 4.78 is 44.9. The van der Waals surface area contributed by atoms with Gasteiger partial charge in [-0.25, -0.2) is 8.42 Å². The first kappa shape index (κ1) is 21.9. The van der Waals surface area contributed by atoms with Crippen molar-refractivity contribution in [2.24, 2.45) is 0 Å². The maximum atomic E-state index is 13.5. The van der Waals surface area contributed by atoms with E-state index in [1.807, 2.05) is 43.3 Å². The fourth-order valence-electron chi connectivity index (χ4n) is 5.35. The van der Waals surface area contributed by atoms with Gasteiger partial charge in [0, 0.05) is 40.1 Å². The van der Waals surface area contributed by atoms with Crippen molar-refractivity contribution in [3.63, 3.8) is 0 Å². The number of ketones is 1. The lowest BCUT2D eigenvalue weighted by atomic mass is 9.88. The van der Waals surface area contributed by atoms with E-state index in [-0.39, 0.29) is 10.5 Å². The molecule has 0 spiro atoms. The van der Waals surface area contributed by atoms with E-state index in [1.54, 1.807) is 48.7 Å². The van der Waals surface area contributed by atoms with Crippen LogP contribution in [0.25, 0.3) is 16.5 Å². The highest BCUT2D eigenvalue weighted by Crippen LogP contribution is 2.45. The van der Waals surface area contributed by atoms with Crippen LogP contribution < -0.4 is 9.47 Å². The molecule has 1 aromatic heterocycles. The first-order valence-electron chi connectivity index (χ1n) is 11.9. The van der Waals surface area contributed by atoms with Crippen LogP contribution >= 0.6 is 0 Å². The summed E-state index contributed by atoms with van der Waals surface area (Å²) in [6, 6.07) is 19.4. The van der Waals surface area contributed by atoms with Gasteiger partial charge < -0.3 is 13.9 Å². The highest BCUT2D eigenvalue weighted by Gasteiger charge is 2.49. The van der Waals surface area contributed by atoms with Crippen molar-refractivity contribution in [2.75, 3.05) is 0 Å². The van der Waals surface area contributed by atoms with Crippen molar-refractivity contribution in [3.8, 4) is 11.5 Å². The van der Waals surface area contributed by atoms with Crippen molar-refractivity contribution in [2.45, 2.75) is 23.0 Å². The van der Waals surface area contributed by atoms with Crippen LogP contribution in [0.5, 0.6) is 11.5 Å². The van der Waals surface area contributed by atoms with Crippen LogP contribution in [0.15, 0.2) is 112 Å². The second-order valence-electron chi connectivity index (χ2n) is 9.34. The first-order chi connectivity index (χ1) is 17.9. The Morgan fingerprint density at radius 2 is 1.70 bits per heavy atom. The van der Waals surface area contributed by atoms with E-state index >= 15 is 0 Å². The number of fused-ring (bicyclic) bond motifs is 4. The lowest BCUT2D eigenvalue weighted by Crippen LogP contribution is -2.31. The molecule has 0 amide bonds. The van der Waals surface area contributed by atoms with Gasteiger partial charge in [-0.1, -0.05) is 36.4 Å². The molecular formula is C30H20O6S. The Labute approximate surface area is 213 Å². The minimum atomic E-state index is -3.88. The number of allylic oxidation sites excluding steroid dienone is 4. The minimum absolute atomic E-state index is 0.0808. The maximum absolute atomic E-state index is 13.5. The number of carbonyl (C=O) groups is 1. The molecule has 37 heavy (non-hydrogen) atoms. The first-order valence-corrected chi connectivity index (χ1v) is 13.4. The Kier molecular flexibility index (Phi) is 4.62. The summed E-state index contributed by atoms with van der Waals surface area (Å²) in [5, 5.41) is -0.274. The topological polar surface area (TPSA) is 82.8 Å². The van der Waals surface area contributed by atoms with E-state index < -0.39 is 26.8 Å². The number of furan rings is 1. The zero-order valence-electron chi connectivity index (χ0n) is 19.7. The Morgan fingerprint density at radius 1 is 0.892 bits per heavy atom. The molecule has 4 aromatic rings. The molecule has 3 aliphatic rings. The number of carbonyl (C=O) groups excluding carboxylic acids is 1. The molecule has 7 rings (SSSR count). The number of Topliss-reactive ketones (excluding diaryl/α,β-unsaturated/α-hetero) is 1. The number of hydrogen-bond acceptors (Lipinski definition) is 6. The Balaban J connectivity index is 1.32. The monoisotopic (exact) mass is 508 g/mol. The smallest absolute Gasteiger partial charge is 0.190 e. The largest absolute Gasteiger partial charge is 0.464 e. The highest BCUT2D eigenvalue weighted by molar-refractivity contribution is 7.93. The van der Waals surface area contributed by atoms with Crippen molar-refractivity contribution in [3.05, 3.63) is 119 Å². The minimum Gasteiger partial charge on any atom is -0.464 e. The quantitative estimate of drug-likeness (QED) is 0.320. The van der Waals surface area contributed by atoms with E-state index in [0.717, 1.165) is 22.1 Å². The molecule has 182 valence electrons. The van der Waals surface area contributed by atoms with Gasteiger partial charge in [0.1, 0.15) is 33.9 Å². The Bertz CT molecular complexity index is 1840. The highest BCUT2D eigenvalue weighted by atomic mass is 32.2. The van der Waals surface area contributed by atoms with Gasteiger partial charge in [-0.05, 0) is 48.9 Å². The average molecular weight is 509 g/mol. The van der Waals surface area contributed by atoms with Gasteiger partial charge in [0.25, 0.3) is 0 Å². The standard InChI is InChI=1S/C30H20O6S/c1-17-12-19(36-27-16-26-18(10-11-34-26)13-23(17)27)14-20-15-24(21-6-2-4-8-25(21)35-20)30-29(31)22-7-3-5-9-28(22)37(30,32)33/h2-16,24,30H,1H3.